The highest BCUT2D eigenvalue weighted by atomic mass is 16.5. The zero-order valence-corrected chi connectivity index (χ0v) is 15.8. The van der Waals surface area contributed by atoms with Gasteiger partial charge in [0, 0.05) is 26.8 Å². The summed E-state index contributed by atoms with van der Waals surface area (Å²) in [6.45, 7) is 4.28. The van der Waals surface area contributed by atoms with E-state index in [4.69, 9.17) is 13.9 Å². The molecule has 146 valence electrons. The largest absolute Gasteiger partial charge is 0.467 e. The maximum absolute atomic E-state index is 12.9. The number of furan rings is 1. The van der Waals surface area contributed by atoms with Crippen LogP contribution in [0.3, 0.4) is 0 Å². The van der Waals surface area contributed by atoms with Gasteiger partial charge in [-0.1, -0.05) is 13.3 Å². The zero-order valence-electron chi connectivity index (χ0n) is 15.8. The van der Waals surface area contributed by atoms with E-state index in [-0.39, 0.29) is 31.1 Å². The molecule has 0 radical (unpaired) electrons. The summed E-state index contributed by atoms with van der Waals surface area (Å²) in [4.78, 5) is 28.5. The van der Waals surface area contributed by atoms with Gasteiger partial charge in [-0.2, -0.15) is 0 Å². The molecule has 0 N–H and O–H groups in total. The molecular formula is C19H30N2O5. The minimum atomic E-state index is -0.163. The Morgan fingerprint density at radius 1 is 1.31 bits per heavy atom. The van der Waals surface area contributed by atoms with Crippen LogP contribution in [0.2, 0.25) is 0 Å². The van der Waals surface area contributed by atoms with Gasteiger partial charge >= 0.3 is 0 Å². The minimum Gasteiger partial charge on any atom is -0.467 e. The van der Waals surface area contributed by atoms with Crippen molar-refractivity contribution in [2.45, 2.75) is 45.3 Å². The second kappa shape index (κ2) is 11.0. The van der Waals surface area contributed by atoms with Gasteiger partial charge in [-0.25, -0.2) is 0 Å². The Morgan fingerprint density at radius 3 is 2.77 bits per heavy atom. The van der Waals surface area contributed by atoms with Gasteiger partial charge in [0.15, 0.2) is 0 Å². The standard InChI is InChI=1S/C19H30N2O5/c1-3-4-9-20(19(23)15-24-2)14-18(22)21(12-16-7-5-10-25-16)13-17-8-6-11-26-17/h5,7,10,17H,3-4,6,8-9,11-15H2,1-2H3. The van der Waals surface area contributed by atoms with Crippen molar-refractivity contribution in [2.24, 2.45) is 0 Å². The number of methoxy groups -OCH3 is 1. The summed E-state index contributed by atoms with van der Waals surface area (Å²) >= 11 is 0. The SMILES string of the molecule is CCCCN(CC(=O)N(Cc1ccco1)CC1CCCO1)C(=O)COC. The Hall–Kier alpha value is -1.86. The summed E-state index contributed by atoms with van der Waals surface area (Å²) in [5.74, 6) is 0.460. The van der Waals surface area contributed by atoms with Crippen molar-refractivity contribution in [2.75, 3.05) is 40.0 Å². The number of ether oxygens (including phenoxy) is 2. The molecule has 7 nitrogen and oxygen atoms in total. The van der Waals surface area contributed by atoms with E-state index in [0.717, 1.165) is 38.1 Å². The Morgan fingerprint density at radius 2 is 2.15 bits per heavy atom. The molecule has 0 aromatic carbocycles. The Balaban J connectivity index is 2.02. The number of unbranched alkanes of at least 4 members (excludes halogenated alkanes) is 1. The first-order valence-electron chi connectivity index (χ1n) is 9.32. The lowest BCUT2D eigenvalue weighted by molar-refractivity contribution is -0.144. The molecule has 7 heteroatoms. The fourth-order valence-corrected chi connectivity index (χ4v) is 3.00. The Labute approximate surface area is 155 Å². The molecule has 1 atom stereocenters. The van der Waals surface area contributed by atoms with Crippen molar-refractivity contribution in [1.82, 2.24) is 9.80 Å². The number of amides is 2. The third-order valence-corrected chi connectivity index (χ3v) is 4.46. The summed E-state index contributed by atoms with van der Waals surface area (Å²) in [6.07, 6.45) is 5.42. The van der Waals surface area contributed by atoms with E-state index in [1.807, 2.05) is 6.07 Å². The third-order valence-electron chi connectivity index (χ3n) is 4.46. The van der Waals surface area contributed by atoms with Crippen LogP contribution < -0.4 is 0 Å². The molecule has 1 aliphatic heterocycles. The Bertz CT molecular complexity index is 540. The zero-order chi connectivity index (χ0) is 18.8. The molecule has 26 heavy (non-hydrogen) atoms. The highest BCUT2D eigenvalue weighted by Gasteiger charge is 2.26. The fraction of sp³-hybridized carbons (Fsp3) is 0.684. The van der Waals surface area contributed by atoms with Gasteiger partial charge in [-0.05, 0) is 31.4 Å². The molecule has 0 saturated carbocycles. The first-order chi connectivity index (χ1) is 12.6. The van der Waals surface area contributed by atoms with Crippen LogP contribution in [0.1, 0.15) is 38.4 Å². The lowest BCUT2D eigenvalue weighted by Crippen LogP contribution is -2.46. The number of carbonyl (C=O) groups excluding carboxylic acids is 2. The predicted octanol–water partition coefficient (Wildman–Crippen LogP) is 2.06. The summed E-state index contributed by atoms with van der Waals surface area (Å²) in [5, 5.41) is 0. The molecule has 0 spiro atoms. The number of nitrogens with zero attached hydrogens (tertiary/aromatic N) is 2. The van der Waals surface area contributed by atoms with Gasteiger partial charge in [-0.3, -0.25) is 9.59 Å². The molecule has 2 rings (SSSR count). The van der Waals surface area contributed by atoms with Crippen LogP contribution in [0.4, 0.5) is 0 Å². The van der Waals surface area contributed by atoms with Crippen LogP contribution in [0.15, 0.2) is 22.8 Å². The lowest BCUT2D eigenvalue weighted by atomic mass is 10.2. The quantitative estimate of drug-likeness (QED) is 0.599. The van der Waals surface area contributed by atoms with Crippen molar-refractivity contribution in [3.63, 3.8) is 0 Å². The maximum atomic E-state index is 12.9. The minimum absolute atomic E-state index is 0.0130. The molecule has 2 heterocycles. The van der Waals surface area contributed by atoms with Crippen molar-refractivity contribution in [1.29, 1.82) is 0 Å². The summed E-state index contributed by atoms with van der Waals surface area (Å²) in [5.41, 5.74) is 0. The van der Waals surface area contributed by atoms with Gasteiger partial charge in [-0.15, -0.1) is 0 Å². The van der Waals surface area contributed by atoms with Crippen molar-refractivity contribution in [3.8, 4) is 0 Å². The molecule has 0 bridgehead atoms. The first kappa shape index (κ1) is 20.5. The molecular weight excluding hydrogens is 336 g/mol. The summed E-state index contributed by atoms with van der Waals surface area (Å²) in [7, 11) is 1.48. The van der Waals surface area contributed by atoms with E-state index in [0.29, 0.717) is 19.6 Å². The van der Waals surface area contributed by atoms with Crippen molar-refractivity contribution < 1.29 is 23.5 Å². The number of rotatable bonds is 11. The van der Waals surface area contributed by atoms with E-state index in [2.05, 4.69) is 6.92 Å². The van der Waals surface area contributed by atoms with Crippen LogP contribution in [0.5, 0.6) is 0 Å². The smallest absolute Gasteiger partial charge is 0.249 e. The lowest BCUT2D eigenvalue weighted by Gasteiger charge is -2.28. The highest BCUT2D eigenvalue weighted by Crippen LogP contribution is 2.16. The van der Waals surface area contributed by atoms with Crippen LogP contribution in [0, 0.1) is 0 Å². The van der Waals surface area contributed by atoms with Gasteiger partial charge in [0.2, 0.25) is 11.8 Å². The molecule has 1 aromatic rings. The Kier molecular flexibility index (Phi) is 8.64. The van der Waals surface area contributed by atoms with E-state index in [1.54, 1.807) is 22.1 Å². The van der Waals surface area contributed by atoms with Crippen molar-refractivity contribution >= 4 is 11.8 Å². The van der Waals surface area contributed by atoms with Crippen LogP contribution >= 0.6 is 0 Å². The number of hydrogen-bond donors (Lipinski definition) is 0. The monoisotopic (exact) mass is 366 g/mol. The average molecular weight is 366 g/mol. The van der Waals surface area contributed by atoms with E-state index in [1.165, 1.54) is 7.11 Å². The van der Waals surface area contributed by atoms with Crippen LogP contribution in [0.25, 0.3) is 0 Å². The molecule has 1 aromatic heterocycles. The second-order valence-corrected chi connectivity index (χ2v) is 6.59. The van der Waals surface area contributed by atoms with Gasteiger partial charge in [0.1, 0.15) is 12.4 Å². The third kappa shape index (κ3) is 6.46. The normalized spacial score (nSPS) is 16.6. The maximum Gasteiger partial charge on any atom is 0.249 e. The van der Waals surface area contributed by atoms with E-state index < -0.39 is 0 Å². The van der Waals surface area contributed by atoms with Crippen molar-refractivity contribution in [3.05, 3.63) is 24.2 Å². The summed E-state index contributed by atoms with van der Waals surface area (Å²) in [6, 6.07) is 3.65. The molecule has 1 fully saturated rings. The van der Waals surface area contributed by atoms with Crippen LogP contribution in [-0.4, -0.2) is 67.7 Å². The first-order valence-corrected chi connectivity index (χ1v) is 9.32. The van der Waals surface area contributed by atoms with Gasteiger partial charge in [0.25, 0.3) is 0 Å². The van der Waals surface area contributed by atoms with Gasteiger partial charge in [0.05, 0.1) is 25.5 Å². The number of hydrogen-bond acceptors (Lipinski definition) is 5. The van der Waals surface area contributed by atoms with E-state index in [9.17, 15) is 9.59 Å². The molecule has 1 aliphatic rings. The second-order valence-electron chi connectivity index (χ2n) is 6.59. The topological polar surface area (TPSA) is 72.2 Å². The number of carbonyl (C=O) groups is 2. The molecule has 2 amide bonds. The predicted molar refractivity (Wildman–Crippen MR) is 96.5 cm³/mol. The molecule has 0 aliphatic carbocycles. The van der Waals surface area contributed by atoms with Gasteiger partial charge < -0.3 is 23.7 Å². The summed E-state index contributed by atoms with van der Waals surface area (Å²) < 4.78 is 16.0. The van der Waals surface area contributed by atoms with Crippen LogP contribution in [-0.2, 0) is 25.6 Å². The highest BCUT2D eigenvalue weighted by molar-refractivity contribution is 5.85. The van der Waals surface area contributed by atoms with E-state index >= 15 is 0 Å². The molecule has 1 saturated heterocycles. The fourth-order valence-electron chi connectivity index (χ4n) is 3.00. The average Bonchev–Trinajstić information content (AvgIpc) is 3.32. The molecule has 1 unspecified atom stereocenters.